The van der Waals surface area contributed by atoms with Gasteiger partial charge in [0, 0.05) is 49.3 Å². The molecule has 1 fully saturated rings. The Bertz CT molecular complexity index is 1040. The normalized spacial score (nSPS) is 15.4. The Labute approximate surface area is 187 Å². The molecule has 1 aliphatic rings. The monoisotopic (exact) mass is 435 g/mol. The Morgan fingerprint density at radius 2 is 1.66 bits per heavy atom. The maximum atomic E-state index is 12.1. The van der Waals surface area contributed by atoms with Crippen LogP contribution in [0.5, 0.6) is 0 Å². The molecule has 4 N–H and O–H groups in total. The van der Waals surface area contributed by atoms with Gasteiger partial charge in [0.25, 0.3) is 0 Å². The van der Waals surface area contributed by atoms with E-state index in [-0.39, 0.29) is 18.2 Å². The number of hydrogen-bond donors (Lipinski definition) is 4. The molecule has 1 aliphatic heterocycles. The molecule has 8 heteroatoms. The van der Waals surface area contributed by atoms with E-state index in [1.807, 2.05) is 12.1 Å². The second-order valence-electron chi connectivity index (χ2n) is 7.85. The summed E-state index contributed by atoms with van der Waals surface area (Å²) in [5.74, 6) is 0. The average Bonchev–Trinajstić information content (AvgIpc) is 3.47. The van der Waals surface area contributed by atoms with Crippen LogP contribution in [0.2, 0.25) is 0 Å². The molecular formula is C24H29N5O3. The molecule has 2 heterocycles. The van der Waals surface area contributed by atoms with Crippen molar-refractivity contribution in [3.63, 3.8) is 0 Å². The van der Waals surface area contributed by atoms with Crippen molar-refractivity contribution >= 4 is 34.3 Å². The predicted molar refractivity (Wildman–Crippen MR) is 126 cm³/mol. The highest BCUT2D eigenvalue weighted by atomic mass is 16.5. The Morgan fingerprint density at radius 3 is 2.38 bits per heavy atom. The number of rotatable bonds is 8. The number of carbonyl (C=O) groups is 2. The van der Waals surface area contributed by atoms with Gasteiger partial charge in [-0.15, -0.1) is 0 Å². The number of nitrogens with one attached hydrogen (secondary N) is 4. The van der Waals surface area contributed by atoms with Crippen LogP contribution in [0, 0.1) is 0 Å². The van der Waals surface area contributed by atoms with Crippen molar-refractivity contribution in [2.45, 2.75) is 31.9 Å². The summed E-state index contributed by atoms with van der Waals surface area (Å²) in [5.41, 5.74) is 2.51. The van der Waals surface area contributed by atoms with Crippen LogP contribution in [-0.2, 0) is 11.3 Å². The number of carbonyl (C=O) groups excluding carboxylic acids is 2. The molecule has 2 aromatic carbocycles. The van der Waals surface area contributed by atoms with Gasteiger partial charge in [0.05, 0.1) is 6.10 Å². The van der Waals surface area contributed by atoms with Crippen molar-refractivity contribution in [1.29, 1.82) is 0 Å². The van der Waals surface area contributed by atoms with E-state index in [9.17, 15) is 9.59 Å². The Kier molecular flexibility index (Phi) is 7.24. The van der Waals surface area contributed by atoms with Crippen molar-refractivity contribution in [1.82, 2.24) is 15.2 Å². The van der Waals surface area contributed by atoms with Gasteiger partial charge < -0.3 is 30.6 Å². The molecule has 1 unspecified atom stereocenters. The van der Waals surface area contributed by atoms with Gasteiger partial charge >= 0.3 is 12.1 Å². The van der Waals surface area contributed by atoms with Crippen LogP contribution in [0.15, 0.2) is 60.8 Å². The standard InChI is InChI=1S/C24H29N5O3/c30-23(25-13-4-14-29-15-12-18-5-1-2-7-22(18)29)27-19-8-10-20(11-9-19)28-24(31)26-17-21-6-3-16-32-21/h1-2,5,7-12,15,21H,3-4,6,13-14,16-17H2,(H2,25,27,30)(H2,26,28,31). The lowest BCUT2D eigenvalue weighted by atomic mass is 10.2. The van der Waals surface area contributed by atoms with Crippen molar-refractivity contribution < 1.29 is 14.3 Å². The first kappa shape index (κ1) is 21.7. The molecule has 0 saturated carbocycles. The SMILES string of the molecule is O=C(NCCCn1ccc2ccccc21)Nc1ccc(NC(=O)NCC2CCCO2)cc1. The largest absolute Gasteiger partial charge is 0.376 e. The number of para-hydroxylation sites is 1. The zero-order chi connectivity index (χ0) is 22.2. The number of urea groups is 2. The Hall–Kier alpha value is -3.52. The minimum atomic E-state index is -0.269. The smallest absolute Gasteiger partial charge is 0.319 e. The molecule has 168 valence electrons. The van der Waals surface area contributed by atoms with Gasteiger partial charge in [-0.2, -0.15) is 0 Å². The number of nitrogens with zero attached hydrogens (tertiary/aromatic N) is 1. The van der Waals surface area contributed by atoms with Crippen LogP contribution in [0.1, 0.15) is 19.3 Å². The predicted octanol–water partition coefficient (Wildman–Crippen LogP) is 4.15. The number of amides is 4. The first-order valence-corrected chi connectivity index (χ1v) is 11.0. The molecule has 0 spiro atoms. The summed E-state index contributed by atoms with van der Waals surface area (Å²) in [6, 6.07) is 16.8. The fourth-order valence-corrected chi connectivity index (χ4v) is 3.79. The summed E-state index contributed by atoms with van der Waals surface area (Å²) in [6.45, 7) is 2.68. The van der Waals surface area contributed by atoms with Gasteiger partial charge in [0.15, 0.2) is 0 Å². The van der Waals surface area contributed by atoms with Crippen LogP contribution >= 0.6 is 0 Å². The van der Waals surface area contributed by atoms with E-state index in [0.29, 0.717) is 24.5 Å². The van der Waals surface area contributed by atoms with Crippen molar-refractivity contribution in [3.05, 3.63) is 60.8 Å². The van der Waals surface area contributed by atoms with Gasteiger partial charge in [0.1, 0.15) is 0 Å². The molecule has 3 aromatic rings. The highest BCUT2D eigenvalue weighted by Gasteiger charge is 2.16. The molecule has 4 rings (SSSR count). The first-order chi connectivity index (χ1) is 15.7. The number of ether oxygens (including phenoxy) is 1. The van der Waals surface area contributed by atoms with Crippen LogP contribution in [-0.4, -0.2) is 42.4 Å². The third-order valence-electron chi connectivity index (χ3n) is 5.46. The quantitative estimate of drug-likeness (QED) is 0.400. The number of fused-ring (bicyclic) bond motifs is 1. The molecule has 4 amide bonds. The minimum absolute atomic E-state index is 0.105. The number of anilines is 2. The molecule has 0 bridgehead atoms. The van der Waals surface area contributed by atoms with Gasteiger partial charge in [-0.25, -0.2) is 9.59 Å². The molecule has 32 heavy (non-hydrogen) atoms. The molecule has 1 atom stereocenters. The molecule has 0 aliphatic carbocycles. The summed E-state index contributed by atoms with van der Waals surface area (Å²) < 4.78 is 7.68. The summed E-state index contributed by atoms with van der Waals surface area (Å²) in [6.07, 6.45) is 5.03. The van der Waals surface area contributed by atoms with Crippen LogP contribution in [0.3, 0.4) is 0 Å². The molecule has 1 saturated heterocycles. The van der Waals surface area contributed by atoms with E-state index in [1.165, 1.54) is 10.9 Å². The van der Waals surface area contributed by atoms with Crippen molar-refractivity contribution in [3.8, 4) is 0 Å². The molecule has 0 radical (unpaired) electrons. The summed E-state index contributed by atoms with van der Waals surface area (Å²) in [5, 5.41) is 12.5. The minimum Gasteiger partial charge on any atom is -0.376 e. The zero-order valence-electron chi connectivity index (χ0n) is 18.0. The van der Waals surface area contributed by atoms with Gasteiger partial charge in [-0.3, -0.25) is 0 Å². The van der Waals surface area contributed by atoms with Crippen molar-refractivity contribution in [2.24, 2.45) is 0 Å². The maximum absolute atomic E-state index is 12.1. The summed E-state index contributed by atoms with van der Waals surface area (Å²) in [7, 11) is 0. The summed E-state index contributed by atoms with van der Waals surface area (Å²) >= 11 is 0. The van der Waals surface area contributed by atoms with Crippen LogP contribution in [0.4, 0.5) is 21.0 Å². The van der Waals surface area contributed by atoms with E-state index in [2.05, 4.69) is 50.2 Å². The van der Waals surface area contributed by atoms with Gasteiger partial charge in [-0.05, 0) is 61.0 Å². The topological polar surface area (TPSA) is 96.4 Å². The average molecular weight is 436 g/mol. The lowest BCUT2D eigenvalue weighted by molar-refractivity contribution is 0.112. The van der Waals surface area contributed by atoms with E-state index < -0.39 is 0 Å². The van der Waals surface area contributed by atoms with E-state index in [1.54, 1.807) is 24.3 Å². The van der Waals surface area contributed by atoms with E-state index in [4.69, 9.17) is 4.74 Å². The molecule has 8 nitrogen and oxygen atoms in total. The fourth-order valence-electron chi connectivity index (χ4n) is 3.79. The van der Waals surface area contributed by atoms with Crippen LogP contribution < -0.4 is 21.3 Å². The third kappa shape index (κ3) is 6.01. The second kappa shape index (κ2) is 10.7. The number of aryl methyl sites for hydroxylation is 1. The molecule has 1 aromatic heterocycles. The van der Waals surface area contributed by atoms with E-state index >= 15 is 0 Å². The highest BCUT2D eigenvalue weighted by molar-refractivity contribution is 5.91. The number of hydrogen-bond acceptors (Lipinski definition) is 3. The maximum Gasteiger partial charge on any atom is 0.319 e. The fraction of sp³-hybridized carbons (Fsp3) is 0.333. The Balaban J connectivity index is 1.14. The number of benzene rings is 2. The highest BCUT2D eigenvalue weighted by Crippen LogP contribution is 2.16. The zero-order valence-corrected chi connectivity index (χ0v) is 18.0. The first-order valence-electron chi connectivity index (χ1n) is 11.0. The lowest BCUT2D eigenvalue weighted by Crippen LogP contribution is -2.35. The van der Waals surface area contributed by atoms with Gasteiger partial charge in [-0.1, -0.05) is 18.2 Å². The Morgan fingerprint density at radius 1 is 0.938 bits per heavy atom. The van der Waals surface area contributed by atoms with E-state index in [0.717, 1.165) is 32.4 Å². The third-order valence-corrected chi connectivity index (χ3v) is 5.46. The molecular weight excluding hydrogens is 406 g/mol. The second-order valence-corrected chi connectivity index (χ2v) is 7.85. The lowest BCUT2D eigenvalue weighted by Gasteiger charge is -2.12. The van der Waals surface area contributed by atoms with Gasteiger partial charge in [0.2, 0.25) is 0 Å². The summed E-state index contributed by atoms with van der Waals surface area (Å²) in [4.78, 5) is 24.1. The van der Waals surface area contributed by atoms with Crippen molar-refractivity contribution in [2.75, 3.05) is 30.3 Å². The van der Waals surface area contributed by atoms with Crippen LogP contribution in [0.25, 0.3) is 10.9 Å². The number of aromatic nitrogens is 1.